The van der Waals surface area contributed by atoms with Crippen LogP contribution in [0.4, 0.5) is 5.69 Å². The molecule has 0 aliphatic heterocycles. The Morgan fingerprint density at radius 1 is 1.33 bits per heavy atom. The Labute approximate surface area is 105 Å². The summed E-state index contributed by atoms with van der Waals surface area (Å²) in [5.41, 5.74) is 2.06. The molecular formula is C13H11N3O2. The number of aryl methyl sites for hydroxylation is 1. The monoisotopic (exact) mass is 241 g/mol. The van der Waals surface area contributed by atoms with Crippen LogP contribution in [0.5, 0.6) is 0 Å². The zero-order chi connectivity index (χ0) is 13.7. The molecule has 0 spiro atoms. The molecule has 0 saturated heterocycles. The van der Waals surface area contributed by atoms with Gasteiger partial charge >= 0.3 is 5.97 Å². The minimum Gasteiger partial charge on any atom is -0.478 e. The van der Waals surface area contributed by atoms with Crippen molar-refractivity contribution >= 4 is 11.7 Å². The number of nitrogens with zero attached hydrogens (tertiary/aromatic N) is 2. The average molecular weight is 241 g/mol. The van der Waals surface area contributed by atoms with Crippen molar-refractivity contribution in [3.63, 3.8) is 0 Å². The quantitative estimate of drug-likeness (QED) is 0.791. The predicted octanol–water partition coefficient (Wildman–Crippen LogP) is 2.34. The van der Waals surface area contributed by atoms with Gasteiger partial charge in [0.1, 0.15) is 17.7 Å². The number of anilines is 1. The Morgan fingerprint density at radius 3 is 2.44 bits per heavy atom. The van der Waals surface area contributed by atoms with E-state index in [-0.39, 0.29) is 11.1 Å². The van der Waals surface area contributed by atoms with E-state index in [4.69, 9.17) is 15.6 Å². The van der Waals surface area contributed by atoms with Crippen molar-refractivity contribution in [1.82, 2.24) is 0 Å². The van der Waals surface area contributed by atoms with Gasteiger partial charge in [-0.2, -0.15) is 10.5 Å². The zero-order valence-corrected chi connectivity index (χ0v) is 9.98. The van der Waals surface area contributed by atoms with Crippen LogP contribution in [0.2, 0.25) is 0 Å². The van der Waals surface area contributed by atoms with Gasteiger partial charge in [-0.1, -0.05) is 6.07 Å². The molecule has 0 aliphatic rings. The number of carboxylic acids is 1. The number of nitriles is 2. The third-order valence-electron chi connectivity index (χ3n) is 2.57. The molecule has 2 N–H and O–H groups in total. The van der Waals surface area contributed by atoms with E-state index < -0.39 is 5.97 Å². The summed E-state index contributed by atoms with van der Waals surface area (Å²) in [4.78, 5) is 11.1. The first kappa shape index (κ1) is 13.3. The predicted molar refractivity (Wildman–Crippen MR) is 65.8 cm³/mol. The van der Waals surface area contributed by atoms with E-state index in [1.54, 1.807) is 25.1 Å². The number of rotatable bonds is 3. The molecule has 1 rings (SSSR count). The number of carbonyl (C=O) groups is 1. The van der Waals surface area contributed by atoms with Crippen LogP contribution in [0.1, 0.15) is 21.5 Å². The topological polar surface area (TPSA) is 96.9 Å². The Bertz CT molecular complexity index is 588. The molecular weight excluding hydrogens is 230 g/mol. The second-order valence-electron chi connectivity index (χ2n) is 3.66. The van der Waals surface area contributed by atoms with Crippen LogP contribution in [0.15, 0.2) is 23.9 Å². The van der Waals surface area contributed by atoms with E-state index in [0.717, 1.165) is 11.1 Å². The molecule has 0 heterocycles. The molecule has 0 aliphatic carbocycles. The first-order valence-electron chi connectivity index (χ1n) is 5.11. The van der Waals surface area contributed by atoms with Crippen LogP contribution in [-0.4, -0.2) is 11.1 Å². The fraction of sp³-hybridized carbons (Fsp3) is 0.154. The second-order valence-corrected chi connectivity index (χ2v) is 3.66. The molecule has 1 aromatic rings. The molecule has 18 heavy (non-hydrogen) atoms. The van der Waals surface area contributed by atoms with E-state index in [0.29, 0.717) is 5.69 Å². The largest absolute Gasteiger partial charge is 0.478 e. The van der Waals surface area contributed by atoms with Crippen LogP contribution in [0.3, 0.4) is 0 Å². The first-order valence-corrected chi connectivity index (χ1v) is 5.11. The molecule has 0 amide bonds. The highest BCUT2D eigenvalue weighted by molar-refractivity contribution is 5.95. The smallest absolute Gasteiger partial charge is 0.337 e. The Hall–Kier alpha value is -2.79. The maximum atomic E-state index is 11.1. The van der Waals surface area contributed by atoms with E-state index in [9.17, 15) is 4.79 Å². The lowest BCUT2D eigenvalue weighted by Crippen LogP contribution is -2.05. The van der Waals surface area contributed by atoms with Crippen molar-refractivity contribution in [2.75, 3.05) is 5.32 Å². The number of nitrogens with one attached hydrogen (secondary N) is 1. The minimum atomic E-state index is -1.07. The molecule has 1 aromatic carbocycles. The normalized spacial score (nSPS) is 8.89. The number of hydrogen-bond acceptors (Lipinski definition) is 4. The van der Waals surface area contributed by atoms with Gasteiger partial charge in [-0.15, -0.1) is 0 Å². The highest BCUT2D eigenvalue weighted by atomic mass is 16.4. The molecule has 0 radical (unpaired) electrons. The lowest BCUT2D eigenvalue weighted by molar-refractivity contribution is 0.0698. The second kappa shape index (κ2) is 5.51. The van der Waals surface area contributed by atoms with Gasteiger partial charge in [0.25, 0.3) is 0 Å². The van der Waals surface area contributed by atoms with Gasteiger partial charge in [0, 0.05) is 6.20 Å². The van der Waals surface area contributed by atoms with Gasteiger partial charge in [-0.05, 0) is 31.0 Å². The maximum absolute atomic E-state index is 11.1. The summed E-state index contributed by atoms with van der Waals surface area (Å²) in [6.45, 7) is 3.63. The standard InChI is InChI=1S/C13H11N3O2/c1-8-3-4-11(13(17)18)12(9(8)2)16-7-10(5-14)6-15/h3-4,7,16H,1-2H3,(H,17,18). The van der Waals surface area contributed by atoms with E-state index in [1.165, 1.54) is 12.3 Å². The molecule has 0 fully saturated rings. The van der Waals surface area contributed by atoms with Crippen molar-refractivity contribution in [3.8, 4) is 12.1 Å². The molecule has 0 saturated carbocycles. The summed E-state index contributed by atoms with van der Waals surface area (Å²) in [7, 11) is 0. The molecule has 0 unspecified atom stereocenters. The summed E-state index contributed by atoms with van der Waals surface area (Å²) in [6.07, 6.45) is 1.20. The van der Waals surface area contributed by atoms with Gasteiger partial charge < -0.3 is 10.4 Å². The number of allylic oxidation sites excluding steroid dienone is 1. The number of aromatic carboxylic acids is 1. The number of carboxylic acid groups (broad SMARTS) is 1. The zero-order valence-electron chi connectivity index (χ0n) is 9.98. The Morgan fingerprint density at radius 2 is 1.94 bits per heavy atom. The SMILES string of the molecule is Cc1ccc(C(=O)O)c(NC=C(C#N)C#N)c1C. The Balaban J connectivity index is 3.28. The number of benzene rings is 1. The molecule has 0 atom stereocenters. The minimum absolute atomic E-state index is 0.101. The van der Waals surface area contributed by atoms with Gasteiger partial charge in [-0.25, -0.2) is 4.79 Å². The third kappa shape index (κ3) is 2.66. The lowest BCUT2D eigenvalue weighted by Gasteiger charge is -2.11. The van der Waals surface area contributed by atoms with Gasteiger partial charge in [0.15, 0.2) is 0 Å². The molecule has 90 valence electrons. The summed E-state index contributed by atoms with van der Waals surface area (Å²) < 4.78 is 0. The Kier molecular flexibility index (Phi) is 4.07. The van der Waals surface area contributed by atoms with Crippen molar-refractivity contribution in [2.24, 2.45) is 0 Å². The van der Waals surface area contributed by atoms with Crippen LogP contribution in [-0.2, 0) is 0 Å². The number of hydrogen-bond donors (Lipinski definition) is 2. The van der Waals surface area contributed by atoms with Crippen LogP contribution >= 0.6 is 0 Å². The summed E-state index contributed by atoms with van der Waals surface area (Å²) in [6, 6.07) is 6.59. The van der Waals surface area contributed by atoms with Crippen LogP contribution in [0, 0.1) is 36.5 Å². The van der Waals surface area contributed by atoms with Gasteiger partial charge in [0.05, 0.1) is 11.3 Å². The average Bonchev–Trinajstić information content (AvgIpc) is 2.35. The fourth-order valence-corrected chi connectivity index (χ4v) is 1.41. The fourth-order valence-electron chi connectivity index (χ4n) is 1.41. The first-order chi connectivity index (χ1) is 8.51. The highest BCUT2D eigenvalue weighted by Gasteiger charge is 2.13. The molecule has 0 aromatic heterocycles. The van der Waals surface area contributed by atoms with Gasteiger partial charge in [-0.3, -0.25) is 0 Å². The van der Waals surface area contributed by atoms with Crippen molar-refractivity contribution in [1.29, 1.82) is 10.5 Å². The van der Waals surface area contributed by atoms with E-state index >= 15 is 0 Å². The van der Waals surface area contributed by atoms with E-state index in [2.05, 4.69) is 5.32 Å². The van der Waals surface area contributed by atoms with E-state index in [1.807, 2.05) is 6.92 Å². The molecule has 5 heteroatoms. The van der Waals surface area contributed by atoms with Crippen molar-refractivity contribution in [3.05, 3.63) is 40.6 Å². The summed E-state index contributed by atoms with van der Waals surface area (Å²) >= 11 is 0. The van der Waals surface area contributed by atoms with Crippen LogP contribution < -0.4 is 5.32 Å². The van der Waals surface area contributed by atoms with Crippen molar-refractivity contribution in [2.45, 2.75) is 13.8 Å². The summed E-state index contributed by atoms with van der Waals surface area (Å²) in [5.74, 6) is -1.07. The summed E-state index contributed by atoms with van der Waals surface area (Å²) in [5, 5.41) is 29.0. The molecule has 0 bridgehead atoms. The van der Waals surface area contributed by atoms with Gasteiger partial charge in [0.2, 0.25) is 0 Å². The lowest BCUT2D eigenvalue weighted by atomic mass is 10.0. The van der Waals surface area contributed by atoms with Crippen LogP contribution in [0.25, 0.3) is 0 Å². The maximum Gasteiger partial charge on any atom is 0.337 e. The molecule has 5 nitrogen and oxygen atoms in total. The van der Waals surface area contributed by atoms with Crippen molar-refractivity contribution < 1.29 is 9.90 Å². The third-order valence-corrected chi connectivity index (χ3v) is 2.57. The highest BCUT2D eigenvalue weighted by Crippen LogP contribution is 2.24.